The van der Waals surface area contributed by atoms with Crippen molar-refractivity contribution >= 4 is 5.65 Å². The number of pyridine rings is 1. The van der Waals surface area contributed by atoms with Crippen LogP contribution in [0.4, 0.5) is 0 Å². The Hall–Kier alpha value is -1.55. The van der Waals surface area contributed by atoms with Gasteiger partial charge in [-0.05, 0) is 32.0 Å². The number of hydrogen-bond acceptors (Lipinski definition) is 3. The zero-order valence-electron chi connectivity index (χ0n) is 11.7. The molecule has 1 unspecified atom stereocenters. The molecule has 0 spiro atoms. The van der Waals surface area contributed by atoms with Crippen molar-refractivity contribution in [2.45, 2.75) is 32.2 Å². The van der Waals surface area contributed by atoms with Gasteiger partial charge in [0.1, 0.15) is 11.4 Å². The van der Waals surface area contributed by atoms with Crippen LogP contribution in [0.25, 0.3) is 5.65 Å². The van der Waals surface area contributed by atoms with Gasteiger partial charge >= 0.3 is 0 Å². The molecule has 0 bridgehead atoms. The van der Waals surface area contributed by atoms with Gasteiger partial charge in [0, 0.05) is 18.5 Å². The zero-order valence-corrected chi connectivity index (χ0v) is 11.7. The highest BCUT2D eigenvalue weighted by Crippen LogP contribution is 2.30. The van der Waals surface area contributed by atoms with Crippen molar-refractivity contribution in [3.63, 3.8) is 0 Å². The van der Waals surface area contributed by atoms with E-state index in [1.54, 1.807) is 7.11 Å². The molecular weight excluding hydrogens is 238 g/mol. The Balaban J connectivity index is 1.95. The highest BCUT2D eigenvalue weighted by molar-refractivity contribution is 5.46. The van der Waals surface area contributed by atoms with Crippen molar-refractivity contribution in [3.8, 4) is 5.75 Å². The van der Waals surface area contributed by atoms with Crippen molar-refractivity contribution in [1.29, 1.82) is 0 Å². The fraction of sp³-hybridized carbons (Fsp3) is 0.533. The summed E-state index contributed by atoms with van der Waals surface area (Å²) < 4.78 is 7.34. The van der Waals surface area contributed by atoms with Gasteiger partial charge in [-0.15, -0.1) is 0 Å². The van der Waals surface area contributed by atoms with Gasteiger partial charge in [-0.2, -0.15) is 0 Å². The van der Waals surface area contributed by atoms with Crippen LogP contribution < -0.4 is 4.74 Å². The van der Waals surface area contributed by atoms with Gasteiger partial charge in [0.05, 0.1) is 18.8 Å². The number of imidazole rings is 1. The van der Waals surface area contributed by atoms with Gasteiger partial charge in [-0.3, -0.25) is 4.90 Å². The van der Waals surface area contributed by atoms with Gasteiger partial charge < -0.3 is 9.14 Å². The highest BCUT2D eigenvalue weighted by atomic mass is 16.5. The summed E-state index contributed by atoms with van der Waals surface area (Å²) in [6, 6.07) is 4.43. The second-order valence-electron chi connectivity index (χ2n) is 5.14. The quantitative estimate of drug-likeness (QED) is 0.849. The van der Waals surface area contributed by atoms with Crippen LogP contribution in [-0.4, -0.2) is 34.5 Å². The van der Waals surface area contributed by atoms with Crippen LogP contribution in [0, 0.1) is 0 Å². The van der Waals surface area contributed by atoms with Crippen LogP contribution in [0.1, 0.15) is 37.9 Å². The normalized spacial score (nSPS) is 20.8. The van der Waals surface area contributed by atoms with E-state index in [-0.39, 0.29) is 0 Å². The minimum atomic E-state index is 0.477. The molecule has 2 aromatic rings. The molecule has 1 aliphatic rings. The molecule has 4 heteroatoms. The fourth-order valence-electron chi connectivity index (χ4n) is 2.97. The Labute approximate surface area is 114 Å². The lowest BCUT2D eigenvalue weighted by atomic mass is 10.00. The molecular formula is C15H21N3O. The Bertz CT molecular complexity index is 564. The molecule has 102 valence electrons. The lowest BCUT2D eigenvalue weighted by molar-refractivity contribution is 0.154. The van der Waals surface area contributed by atoms with Crippen LogP contribution in [0.15, 0.2) is 24.5 Å². The maximum Gasteiger partial charge on any atom is 0.140 e. The summed E-state index contributed by atoms with van der Waals surface area (Å²) in [7, 11) is 1.69. The van der Waals surface area contributed by atoms with Crippen LogP contribution >= 0.6 is 0 Å². The van der Waals surface area contributed by atoms with E-state index in [1.807, 2.05) is 18.3 Å². The molecule has 0 radical (unpaired) electrons. The summed E-state index contributed by atoms with van der Waals surface area (Å²) in [5.41, 5.74) is 2.16. The number of likely N-dealkylation sites (tertiary alicyclic amines) is 1. The molecule has 19 heavy (non-hydrogen) atoms. The zero-order chi connectivity index (χ0) is 13.2. The van der Waals surface area contributed by atoms with E-state index in [1.165, 1.54) is 31.5 Å². The van der Waals surface area contributed by atoms with E-state index in [2.05, 4.69) is 22.4 Å². The lowest BCUT2D eigenvalue weighted by Gasteiger charge is -2.33. The van der Waals surface area contributed by atoms with Crippen molar-refractivity contribution in [2.24, 2.45) is 0 Å². The van der Waals surface area contributed by atoms with Crippen molar-refractivity contribution in [1.82, 2.24) is 14.3 Å². The van der Waals surface area contributed by atoms with Crippen molar-refractivity contribution < 1.29 is 4.74 Å². The molecule has 0 saturated carbocycles. The summed E-state index contributed by atoms with van der Waals surface area (Å²) in [5.74, 6) is 0.862. The average molecular weight is 259 g/mol. The van der Waals surface area contributed by atoms with Crippen LogP contribution in [0.5, 0.6) is 5.75 Å². The third-order valence-electron chi connectivity index (χ3n) is 4.05. The van der Waals surface area contributed by atoms with Gasteiger partial charge in [0.2, 0.25) is 0 Å². The number of methoxy groups -OCH3 is 1. The SMILES string of the molecule is CCN1CCCCC1c1cn2ccc(OC)cc2n1. The predicted octanol–water partition coefficient (Wildman–Crippen LogP) is 2.89. The third-order valence-corrected chi connectivity index (χ3v) is 4.05. The number of hydrogen-bond donors (Lipinski definition) is 0. The van der Waals surface area contributed by atoms with E-state index in [0.29, 0.717) is 6.04 Å². The highest BCUT2D eigenvalue weighted by Gasteiger charge is 2.24. The Morgan fingerprint density at radius 2 is 2.32 bits per heavy atom. The van der Waals surface area contributed by atoms with E-state index in [0.717, 1.165) is 17.9 Å². The summed E-state index contributed by atoms with van der Waals surface area (Å²) in [5, 5.41) is 0. The minimum absolute atomic E-state index is 0.477. The van der Waals surface area contributed by atoms with E-state index in [4.69, 9.17) is 9.72 Å². The molecule has 1 fully saturated rings. The largest absolute Gasteiger partial charge is 0.497 e. The number of aromatic nitrogens is 2. The number of ether oxygens (including phenoxy) is 1. The lowest BCUT2D eigenvalue weighted by Crippen LogP contribution is -2.33. The number of rotatable bonds is 3. The first kappa shape index (κ1) is 12.5. The number of piperidine rings is 1. The first-order valence-electron chi connectivity index (χ1n) is 7.08. The van der Waals surface area contributed by atoms with Crippen molar-refractivity contribution in [2.75, 3.05) is 20.2 Å². The maximum atomic E-state index is 5.26. The predicted molar refractivity (Wildman–Crippen MR) is 75.6 cm³/mol. The van der Waals surface area contributed by atoms with Gasteiger partial charge in [-0.1, -0.05) is 13.3 Å². The minimum Gasteiger partial charge on any atom is -0.497 e. The number of nitrogens with zero attached hydrogens (tertiary/aromatic N) is 3. The van der Waals surface area contributed by atoms with Gasteiger partial charge in [-0.25, -0.2) is 4.98 Å². The summed E-state index contributed by atoms with van der Waals surface area (Å²) >= 11 is 0. The van der Waals surface area contributed by atoms with Crippen LogP contribution in [0.3, 0.4) is 0 Å². The smallest absolute Gasteiger partial charge is 0.140 e. The second kappa shape index (κ2) is 5.21. The Morgan fingerprint density at radius 1 is 1.42 bits per heavy atom. The summed E-state index contributed by atoms with van der Waals surface area (Å²) in [4.78, 5) is 7.31. The molecule has 3 heterocycles. The van der Waals surface area contributed by atoms with E-state index in [9.17, 15) is 0 Å². The molecule has 1 aliphatic heterocycles. The molecule has 0 N–H and O–H groups in total. The monoisotopic (exact) mass is 259 g/mol. The van der Waals surface area contributed by atoms with Crippen LogP contribution in [0.2, 0.25) is 0 Å². The van der Waals surface area contributed by atoms with Gasteiger partial charge in [0.15, 0.2) is 0 Å². The molecule has 4 nitrogen and oxygen atoms in total. The number of fused-ring (bicyclic) bond motifs is 1. The topological polar surface area (TPSA) is 29.8 Å². The second-order valence-corrected chi connectivity index (χ2v) is 5.14. The van der Waals surface area contributed by atoms with Crippen LogP contribution in [-0.2, 0) is 0 Å². The molecule has 1 atom stereocenters. The third kappa shape index (κ3) is 2.32. The standard InChI is InChI=1S/C15H21N3O/c1-3-17-8-5-4-6-14(17)13-11-18-9-7-12(19-2)10-15(18)16-13/h7,9-11,14H,3-6,8H2,1-2H3. The maximum absolute atomic E-state index is 5.26. The Kier molecular flexibility index (Phi) is 3.42. The van der Waals surface area contributed by atoms with Gasteiger partial charge in [0.25, 0.3) is 0 Å². The molecule has 0 aliphatic carbocycles. The van der Waals surface area contributed by atoms with Crippen molar-refractivity contribution in [3.05, 3.63) is 30.2 Å². The average Bonchev–Trinajstić information content (AvgIpc) is 2.89. The Morgan fingerprint density at radius 3 is 3.11 bits per heavy atom. The first-order chi connectivity index (χ1) is 9.31. The first-order valence-corrected chi connectivity index (χ1v) is 7.08. The van der Waals surface area contributed by atoms with E-state index < -0.39 is 0 Å². The molecule has 2 aromatic heterocycles. The summed E-state index contributed by atoms with van der Waals surface area (Å²) in [6.07, 6.45) is 8.01. The fourth-order valence-corrected chi connectivity index (χ4v) is 2.97. The molecule has 0 amide bonds. The molecule has 0 aromatic carbocycles. The molecule has 1 saturated heterocycles. The summed E-state index contributed by atoms with van der Waals surface area (Å²) in [6.45, 7) is 4.53. The molecule has 3 rings (SSSR count). The van der Waals surface area contributed by atoms with E-state index >= 15 is 0 Å².